The van der Waals surface area contributed by atoms with E-state index in [1.807, 2.05) is 19.1 Å². The standard InChI is InChI=1S/C25H35NO4/c1-16(2)8-18-4-6-21(7-5-18)17(3)26-22(27)14-30-23(28)24-10-19-9-20(11-24)13-25(29,12-19)15-24/h4-7,16-17,19-20,29H,8-15H2,1-3H3,(H,26,27)/t17-,19-,20+,24?,25?/m1/s1. The average Bonchev–Trinajstić information content (AvgIpc) is 2.64. The molecule has 164 valence electrons. The number of hydrogen-bond donors (Lipinski definition) is 2. The molecule has 0 radical (unpaired) electrons. The largest absolute Gasteiger partial charge is 0.455 e. The van der Waals surface area contributed by atoms with Crippen molar-refractivity contribution >= 4 is 11.9 Å². The normalized spacial score (nSPS) is 32.8. The Hall–Kier alpha value is -1.88. The van der Waals surface area contributed by atoms with E-state index in [2.05, 4.69) is 31.3 Å². The van der Waals surface area contributed by atoms with Gasteiger partial charge in [0.25, 0.3) is 5.91 Å². The topological polar surface area (TPSA) is 75.6 Å². The van der Waals surface area contributed by atoms with Gasteiger partial charge < -0.3 is 15.2 Å². The molecule has 5 rings (SSSR count). The van der Waals surface area contributed by atoms with Crippen LogP contribution in [0.1, 0.15) is 76.5 Å². The predicted molar refractivity (Wildman–Crippen MR) is 115 cm³/mol. The molecule has 5 atom stereocenters. The van der Waals surface area contributed by atoms with Crippen molar-refractivity contribution in [3.63, 3.8) is 0 Å². The first-order chi connectivity index (χ1) is 14.2. The molecule has 2 unspecified atom stereocenters. The van der Waals surface area contributed by atoms with Crippen LogP contribution in [-0.4, -0.2) is 29.2 Å². The Morgan fingerprint density at radius 3 is 2.30 bits per heavy atom. The lowest BCUT2D eigenvalue weighted by Crippen LogP contribution is -2.58. The molecule has 0 aromatic heterocycles. The van der Waals surface area contributed by atoms with E-state index in [1.165, 1.54) is 5.56 Å². The SMILES string of the molecule is CC(C)Cc1ccc([C@@H](C)NC(=O)COC(=O)C23C[C@@H]4C[C@@H](CC(O)(C4)C2)C3)cc1. The summed E-state index contributed by atoms with van der Waals surface area (Å²) in [6.07, 6.45) is 5.86. The number of carbonyl (C=O) groups excluding carboxylic acids is 2. The van der Waals surface area contributed by atoms with Crippen molar-refractivity contribution in [3.05, 3.63) is 35.4 Å². The van der Waals surface area contributed by atoms with Crippen LogP contribution in [0, 0.1) is 23.2 Å². The van der Waals surface area contributed by atoms with Gasteiger partial charge in [0.2, 0.25) is 0 Å². The fourth-order valence-corrected chi connectivity index (χ4v) is 6.52. The van der Waals surface area contributed by atoms with E-state index < -0.39 is 11.0 Å². The molecule has 4 saturated carbocycles. The highest BCUT2D eigenvalue weighted by Crippen LogP contribution is 2.61. The highest BCUT2D eigenvalue weighted by Gasteiger charge is 2.60. The summed E-state index contributed by atoms with van der Waals surface area (Å²) in [5.74, 6) is 0.853. The number of esters is 1. The molecule has 30 heavy (non-hydrogen) atoms. The third kappa shape index (κ3) is 4.41. The predicted octanol–water partition coefficient (Wildman–Crippen LogP) is 3.94. The molecular formula is C25H35NO4. The lowest BCUT2D eigenvalue weighted by molar-refractivity contribution is -0.196. The lowest BCUT2D eigenvalue weighted by atomic mass is 9.48. The number of aliphatic hydroxyl groups is 1. The van der Waals surface area contributed by atoms with Crippen molar-refractivity contribution in [2.45, 2.75) is 77.4 Å². The van der Waals surface area contributed by atoms with Crippen LogP contribution in [0.15, 0.2) is 24.3 Å². The molecule has 0 saturated heterocycles. The minimum absolute atomic E-state index is 0.149. The molecule has 4 aliphatic carbocycles. The maximum Gasteiger partial charge on any atom is 0.312 e. The third-order valence-corrected chi connectivity index (χ3v) is 7.30. The number of carbonyl (C=O) groups is 2. The molecule has 0 heterocycles. The van der Waals surface area contributed by atoms with Gasteiger partial charge in [-0.3, -0.25) is 9.59 Å². The van der Waals surface area contributed by atoms with Crippen molar-refractivity contribution < 1.29 is 19.4 Å². The number of hydrogen-bond acceptors (Lipinski definition) is 4. The van der Waals surface area contributed by atoms with E-state index in [9.17, 15) is 14.7 Å². The first kappa shape index (κ1) is 21.4. The van der Waals surface area contributed by atoms with E-state index in [0.29, 0.717) is 24.2 Å². The fraction of sp³-hybridized carbons (Fsp3) is 0.680. The molecule has 0 aliphatic heterocycles. The monoisotopic (exact) mass is 413 g/mol. The van der Waals surface area contributed by atoms with Crippen LogP contribution in [0.3, 0.4) is 0 Å². The fourth-order valence-electron chi connectivity index (χ4n) is 6.52. The molecule has 1 aromatic carbocycles. The summed E-state index contributed by atoms with van der Waals surface area (Å²) in [6.45, 7) is 6.07. The molecule has 2 N–H and O–H groups in total. The Kier molecular flexibility index (Phi) is 5.69. The Morgan fingerprint density at radius 2 is 1.73 bits per heavy atom. The van der Waals surface area contributed by atoms with Gasteiger partial charge in [-0.15, -0.1) is 0 Å². The quantitative estimate of drug-likeness (QED) is 0.664. The van der Waals surface area contributed by atoms with E-state index in [-0.39, 0.29) is 24.5 Å². The minimum Gasteiger partial charge on any atom is -0.455 e. The Balaban J connectivity index is 1.29. The van der Waals surface area contributed by atoms with Crippen molar-refractivity contribution in [1.82, 2.24) is 5.32 Å². The van der Waals surface area contributed by atoms with Crippen LogP contribution in [0.25, 0.3) is 0 Å². The molecule has 4 fully saturated rings. The van der Waals surface area contributed by atoms with E-state index >= 15 is 0 Å². The lowest BCUT2D eigenvalue weighted by Gasteiger charge is -2.58. The van der Waals surface area contributed by atoms with Crippen molar-refractivity contribution in [2.75, 3.05) is 6.61 Å². The first-order valence-electron chi connectivity index (χ1n) is 11.4. The number of nitrogens with one attached hydrogen (secondary N) is 1. The van der Waals surface area contributed by atoms with Gasteiger partial charge in [-0.05, 0) is 80.8 Å². The first-order valence-corrected chi connectivity index (χ1v) is 11.4. The van der Waals surface area contributed by atoms with E-state index in [0.717, 1.165) is 44.1 Å². The van der Waals surface area contributed by atoms with E-state index in [4.69, 9.17) is 4.74 Å². The smallest absolute Gasteiger partial charge is 0.312 e. The maximum absolute atomic E-state index is 12.9. The van der Waals surface area contributed by atoms with Gasteiger partial charge in [0.05, 0.1) is 17.1 Å². The van der Waals surface area contributed by atoms with Gasteiger partial charge in [-0.25, -0.2) is 0 Å². The third-order valence-electron chi connectivity index (χ3n) is 7.30. The molecule has 1 aromatic rings. The molecule has 4 aliphatic rings. The minimum atomic E-state index is -0.707. The van der Waals surface area contributed by atoms with Gasteiger partial charge >= 0.3 is 5.97 Å². The van der Waals surface area contributed by atoms with Crippen LogP contribution in [0.4, 0.5) is 0 Å². The summed E-state index contributed by atoms with van der Waals surface area (Å²) in [5, 5.41) is 13.7. The molecule has 4 bridgehead atoms. The van der Waals surface area contributed by atoms with Gasteiger partial charge in [-0.1, -0.05) is 38.1 Å². The molecule has 1 amide bonds. The van der Waals surface area contributed by atoms with Crippen LogP contribution in [0.5, 0.6) is 0 Å². The average molecular weight is 414 g/mol. The van der Waals surface area contributed by atoms with Crippen LogP contribution < -0.4 is 5.32 Å². The number of rotatable bonds is 7. The molecule has 5 nitrogen and oxygen atoms in total. The van der Waals surface area contributed by atoms with Crippen molar-refractivity contribution in [3.8, 4) is 0 Å². The Labute approximate surface area is 179 Å². The van der Waals surface area contributed by atoms with Crippen LogP contribution in [0.2, 0.25) is 0 Å². The van der Waals surface area contributed by atoms with Crippen LogP contribution in [-0.2, 0) is 20.7 Å². The van der Waals surface area contributed by atoms with Crippen molar-refractivity contribution in [1.29, 1.82) is 0 Å². The zero-order valence-electron chi connectivity index (χ0n) is 18.4. The number of amides is 1. The number of ether oxygens (including phenoxy) is 1. The van der Waals surface area contributed by atoms with E-state index in [1.54, 1.807) is 0 Å². The summed E-state index contributed by atoms with van der Waals surface area (Å²) in [7, 11) is 0. The summed E-state index contributed by atoms with van der Waals surface area (Å²) in [4.78, 5) is 25.3. The van der Waals surface area contributed by atoms with Crippen molar-refractivity contribution in [2.24, 2.45) is 23.2 Å². The Bertz CT molecular complexity index is 786. The highest BCUT2D eigenvalue weighted by atomic mass is 16.5. The summed E-state index contributed by atoms with van der Waals surface area (Å²) in [5.41, 5.74) is 1.03. The molecule has 0 spiro atoms. The second-order valence-corrected chi connectivity index (χ2v) is 10.7. The zero-order valence-corrected chi connectivity index (χ0v) is 18.4. The summed E-state index contributed by atoms with van der Waals surface area (Å²) >= 11 is 0. The maximum atomic E-state index is 12.9. The van der Waals surface area contributed by atoms with Crippen LogP contribution >= 0.6 is 0 Å². The summed E-state index contributed by atoms with van der Waals surface area (Å²) in [6, 6.07) is 8.16. The van der Waals surface area contributed by atoms with Gasteiger partial charge in [-0.2, -0.15) is 0 Å². The van der Waals surface area contributed by atoms with Gasteiger partial charge in [0.1, 0.15) is 0 Å². The second kappa shape index (κ2) is 7.99. The van der Waals surface area contributed by atoms with Gasteiger partial charge in [0.15, 0.2) is 6.61 Å². The molecular weight excluding hydrogens is 378 g/mol. The number of benzene rings is 1. The molecule has 5 heteroatoms. The summed E-state index contributed by atoms with van der Waals surface area (Å²) < 4.78 is 5.47. The Morgan fingerprint density at radius 1 is 1.10 bits per heavy atom. The highest BCUT2D eigenvalue weighted by molar-refractivity contribution is 5.83. The van der Waals surface area contributed by atoms with Gasteiger partial charge in [0, 0.05) is 0 Å². The second-order valence-electron chi connectivity index (χ2n) is 10.7. The zero-order chi connectivity index (χ0) is 21.5.